The van der Waals surface area contributed by atoms with Crippen molar-refractivity contribution >= 4 is 10.0 Å². The summed E-state index contributed by atoms with van der Waals surface area (Å²) >= 11 is 0. The van der Waals surface area contributed by atoms with E-state index in [0.29, 0.717) is 18.9 Å². The molecule has 0 spiro atoms. The van der Waals surface area contributed by atoms with E-state index >= 15 is 0 Å². The third kappa shape index (κ3) is 4.98. The van der Waals surface area contributed by atoms with Crippen molar-refractivity contribution in [1.82, 2.24) is 9.79 Å². The van der Waals surface area contributed by atoms with E-state index < -0.39 is 15.3 Å². The summed E-state index contributed by atoms with van der Waals surface area (Å²) in [6.07, 6.45) is 0.556. The predicted octanol–water partition coefficient (Wildman–Crippen LogP) is 3.27. The summed E-state index contributed by atoms with van der Waals surface area (Å²) < 4.78 is 34.2. The molecular weight excluding hydrogens is 388 g/mol. The Morgan fingerprint density at radius 1 is 1.17 bits per heavy atom. The van der Waals surface area contributed by atoms with Gasteiger partial charge in [0.1, 0.15) is 11.0 Å². The van der Waals surface area contributed by atoms with Crippen LogP contribution in [0.1, 0.15) is 42.5 Å². The first-order valence-corrected chi connectivity index (χ1v) is 11.4. The number of hydrogen-bond donors (Lipinski definition) is 1. The Hall–Kier alpha value is -1.93. The fourth-order valence-corrected chi connectivity index (χ4v) is 5.21. The summed E-state index contributed by atoms with van der Waals surface area (Å²) in [6, 6.07) is 15.4. The van der Waals surface area contributed by atoms with E-state index in [0.717, 1.165) is 16.9 Å². The standard InChI is InChI=1S/C22H30N2O4S/c1-16(2)17-9-11-19(12-10-17)22-21(15-28-24(22)3)29(25,26)23-14-13-18-7-5-6-8-20(18)27-4/h5-12,16,21-23H,13-15H2,1-4H3/t21-,22-/m0/s1. The lowest BCUT2D eigenvalue weighted by Gasteiger charge is -2.23. The van der Waals surface area contributed by atoms with Crippen LogP contribution in [-0.4, -0.2) is 46.0 Å². The smallest absolute Gasteiger partial charge is 0.218 e. The Bertz CT molecular complexity index is 913. The molecular formula is C22H30N2O4S. The summed E-state index contributed by atoms with van der Waals surface area (Å²) in [6.45, 7) is 4.72. The number of sulfonamides is 1. The normalized spacial score (nSPS) is 20.3. The van der Waals surface area contributed by atoms with E-state index in [1.54, 1.807) is 19.2 Å². The molecule has 2 aromatic carbocycles. The van der Waals surface area contributed by atoms with Crippen LogP contribution < -0.4 is 9.46 Å². The van der Waals surface area contributed by atoms with Crippen LogP contribution in [0.2, 0.25) is 0 Å². The Balaban J connectivity index is 1.71. The lowest BCUT2D eigenvalue weighted by atomic mass is 9.98. The summed E-state index contributed by atoms with van der Waals surface area (Å²) in [4.78, 5) is 5.59. The molecule has 2 aromatic rings. The van der Waals surface area contributed by atoms with Gasteiger partial charge in [-0.25, -0.2) is 13.1 Å². The van der Waals surface area contributed by atoms with Gasteiger partial charge in [-0.15, -0.1) is 0 Å². The topological polar surface area (TPSA) is 67.9 Å². The Morgan fingerprint density at radius 3 is 2.52 bits per heavy atom. The molecule has 158 valence electrons. The molecule has 0 saturated carbocycles. The van der Waals surface area contributed by atoms with Crippen LogP contribution >= 0.6 is 0 Å². The van der Waals surface area contributed by atoms with Crippen molar-refractivity contribution < 1.29 is 18.0 Å². The Labute approximate surface area is 173 Å². The number of methoxy groups -OCH3 is 1. The minimum Gasteiger partial charge on any atom is -0.496 e. The van der Waals surface area contributed by atoms with E-state index in [9.17, 15) is 8.42 Å². The van der Waals surface area contributed by atoms with E-state index in [1.807, 2.05) is 36.4 Å². The second-order valence-electron chi connectivity index (χ2n) is 7.65. The van der Waals surface area contributed by atoms with Gasteiger partial charge in [-0.05, 0) is 35.1 Å². The maximum Gasteiger partial charge on any atom is 0.218 e. The van der Waals surface area contributed by atoms with Gasteiger partial charge in [0.2, 0.25) is 10.0 Å². The molecule has 2 atom stereocenters. The summed E-state index contributed by atoms with van der Waals surface area (Å²) in [7, 11) is -0.166. The van der Waals surface area contributed by atoms with Gasteiger partial charge in [0.05, 0.1) is 19.8 Å². The maximum absolute atomic E-state index is 13.0. The summed E-state index contributed by atoms with van der Waals surface area (Å²) in [5, 5.41) is 0.976. The van der Waals surface area contributed by atoms with Crippen LogP contribution in [0, 0.1) is 0 Å². The van der Waals surface area contributed by atoms with Crippen LogP contribution in [-0.2, 0) is 21.3 Å². The van der Waals surface area contributed by atoms with Gasteiger partial charge in [0.15, 0.2) is 0 Å². The van der Waals surface area contributed by atoms with E-state index in [-0.39, 0.29) is 12.6 Å². The largest absolute Gasteiger partial charge is 0.496 e. The molecule has 0 aliphatic carbocycles. The van der Waals surface area contributed by atoms with Gasteiger partial charge in [0.25, 0.3) is 0 Å². The monoisotopic (exact) mass is 418 g/mol. The van der Waals surface area contributed by atoms with Gasteiger partial charge in [-0.2, -0.15) is 5.06 Å². The number of nitrogens with zero attached hydrogens (tertiary/aromatic N) is 1. The van der Waals surface area contributed by atoms with Crippen molar-refractivity contribution in [1.29, 1.82) is 0 Å². The SMILES string of the molecule is COc1ccccc1CCNS(=O)(=O)[C@H]1CON(C)[C@H]1c1ccc(C(C)C)cc1. The molecule has 0 amide bonds. The number of nitrogens with one attached hydrogen (secondary N) is 1. The average Bonchev–Trinajstić information content (AvgIpc) is 3.10. The van der Waals surface area contributed by atoms with E-state index in [4.69, 9.17) is 9.57 Å². The number of rotatable bonds is 8. The van der Waals surface area contributed by atoms with Gasteiger partial charge in [-0.3, -0.25) is 4.84 Å². The number of hydroxylamine groups is 2. The number of hydrogen-bond acceptors (Lipinski definition) is 5. The second-order valence-corrected chi connectivity index (χ2v) is 9.63. The maximum atomic E-state index is 13.0. The Kier molecular flexibility index (Phi) is 6.95. The molecule has 3 rings (SSSR count). The Morgan fingerprint density at radius 2 is 1.86 bits per heavy atom. The zero-order valence-corrected chi connectivity index (χ0v) is 18.3. The van der Waals surface area contributed by atoms with Crippen molar-refractivity contribution in [3.63, 3.8) is 0 Å². The molecule has 6 nitrogen and oxygen atoms in total. The van der Waals surface area contributed by atoms with Crippen LogP contribution in [0.4, 0.5) is 0 Å². The molecule has 1 aliphatic heterocycles. The highest BCUT2D eigenvalue weighted by Gasteiger charge is 2.43. The van der Waals surface area contributed by atoms with Crippen LogP contribution in [0.5, 0.6) is 5.75 Å². The van der Waals surface area contributed by atoms with Crippen molar-refractivity contribution in [2.24, 2.45) is 0 Å². The molecule has 0 radical (unpaired) electrons. The number of benzene rings is 2. The first-order chi connectivity index (χ1) is 13.8. The lowest BCUT2D eigenvalue weighted by Crippen LogP contribution is -2.40. The first-order valence-electron chi connectivity index (χ1n) is 9.89. The van der Waals surface area contributed by atoms with Crippen LogP contribution in [0.3, 0.4) is 0 Å². The first kappa shape index (κ1) is 21.8. The molecule has 1 saturated heterocycles. The van der Waals surface area contributed by atoms with Crippen molar-refractivity contribution in [3.8, 4) is 5.75 Å². The highest BCUT2D eigenvalue weighted by atomic mass is 32.2. The van der Waals surface area contributed by atoms with Gasteiger partial charge in [-0.1, -0.05) is 56.3 Å². The fourth-order valence-electron chi connectivity index (χ4n) is 3.70. The van der Waals surface area contributed by atoms with Gasteiger partial charge in [0, 0.05) is 13.6 Å². The minimum absolute atomic E-state index is 0.136. The fraction of sp³-hybridized carbons (Fsp3) is 0.455. The van der Waals surface area contributed by atoms with Crippen molar-refractivity contribution in [3.05, 3.63) is 65.2 Å². The molecule has 29 heavy (non-hydrogen) atoms. The van der Waals surface area contributed by atoms with Gasteiger partial charge < -0.3 is 4.74 Å². The molecule has 1 heterocycles. The quantitative estimate of drug-likeness (QED) is 0.713. The zero-order valence-electron chi connectivity index (χ0n) is 17.5. The number of ether oxygens (including phenoxy) is 1. The zero-order chi connectivity index (χ0) is 21.0. The van der Waals surface area contributed by atoms with Crippen LogP contribution in [0.25, 0.3) is 0 Å². The predicted molar refractivity (Wildman–Crippen MR) is 114 cm³/mol. The molecule has 1 fully saturated rings. The average molecular weight is 419 g/mol. The minimum atomic E-state index is -3.56. The van der Waals surface area contributed by atoms with E-state index in [2.05, 4.69) is 30.7 Å². The molecule has 0 bridgehead atoms. The third-order valence-electron chi connectivity index (χ3n) is 5.42. The highest BCUT2D eigenvalue weighted by Crippen LogP contribution is 2.34. The number of para-hydroxylation sites is 1. The lowest BCUT2D eigenvalue weighted by molar-refractivity contribution is -0.110. The summed E-state index contributed by atoms with van der Waals surface area (Å²) in [5.74, 6) is 1.19. The summed E-state index contributed by atoms with van der Waals surface area (Å²) in [5.41, 5.74) is 3.14. The molecule has 1 aliphatic rings. The highest BCUT2D eigenvalue weighted by molar-refractivity contribution is 7.90. The van der Waals surface area contributed by atoms with Gasteiger partial charge >= 0.3 is 0 Å². The van der Waals surface area contributed by atoms with E-state index in [1.165, 1.54) is 5.56 Å². The third-order valence-corrected chi connectivity index (χ3v) is 7.22. The second kappa shape index (κ2) is 9.26. The molecule has 1 N–H and O–H groups in total. The van der Waals surface area contributed by atoms with Crippen LogP contribution in [0.15, 0.2) is 48.5 Å². The van der Waals surface area contributed by atoms with Crippen molar-refractivity contribution in [2.45, 2.75) is 37.5 Å². The molecule has 0 unspecified atom stereocenters. The molecule has 0 aromatic heterocycles. The van der Waals surface area contributed by atoms with Crippen molar-refractivity contribution in [2.75, 3.05) is 27.3 Å². The molecule has 7 heteroatoms.